The molecule has 0 saturated heterocycles. The minimum atomic E-state index is -0.387. The second-order valence-corrected chi connectivity index (χ2v) is 4.71. The molecule has 0 aliphatic heterocycles. The van der Waals surface area contributed by atoms with Crippen LogP contribution in [0.2, 0.25) is 0 Å². The third kappa shape index (κ3) is 3.86. The molecular formula is C17H15N3O3. The molecule has 6 heteroatoms. The minimum Gasteiger partial charge on any atom is -0.495 e. The number of ether oxygens (including phenoxy) is 1. The van der Waals surface area contributed by atoms with Crippen LogP contribution in [0, 0.1) is 11.3 Å². The van der Waals surface area contributed by atoms with Gasteiger partial charge in [-0.05, 0) is 30.3 Å². The zero-order valence-electron chi connectivity index (χ0n) is 12.7. The molecule has 116 valence electrons. The van der Waals surface area contributed by atoms with Gasteiger partial charge >= 0.3 is 0 Å². The Morgan fingerprint density at radius 2 is 1.83 bits per heavy atom. The average molecular weight is 309 g/mol. The van der Waals surface area contributed by atoms with E-state index in [9.17, 15) is 9.59 Å². The summed E-state index contributed by atoms with van der Waals surface area (Å²) >= 11 is 0. The van der Waals surface area contributed by atoms with E-state index in [0.717, 1.165) is 0 Å². The normalized spacial score (nSPS) is 9.61. The van der Waals surface area contributed by atoms with Gasteiger partial charge in [-0.15, -0.1) is 0 Å². The standard InChI is InChI=1S/C17H15N3O3/c1-11(21)19-15-9-12(7-8-16(15)23-2)17(22)20-14-6-4-3-5-13(14)10-18/h3-9H,1-2H3,(H,19,21)(H,20,22). The Bertz CT molecular complexity index is 794. The molecule has 0 fully saturated rings. The molecule has 0 saturated carbocycles. The first-order valence-corrected chi connectivity index (χ1v) is 6.81. The van der Waals surface area contributed by atoms with Gasteiger partial charge in [-0.1, -0.05) is 12.1 Å². The van der Waals surface area contributed by atoms with Crippen molar-refractivity contribution in [3.63, 3.8) is 0 Å². The molecule has 0 atom stereocenters. The summed E-state index contributed by atoms with van der Waals surface area (Å²) in [5.74, 6) is -0.202. The monoisotopic (exact) mass is 309 g/mol. The van der Waals surface area contributed by atoms with Gasteiger partial charge < -0.3 is 15.4 Å². The summed E-state index contributed by atoms with van der Waals surface area (Å²) in [6.45, 7) is 1.37. The summed E-state index contributed by atoms with van der Waals surface area (Å²) in [7, 11) is 1.48. The van der Waals surface area contributed by atoms with Gasteiger partial charge in [0.25, 0.3) is 5.91 Å². The zero-order valence-corrected chi connectivity index (χ0v) is 12.7. The van der Waals surface area contributed by atoms with Gasteiger partial charge in [-0.25, -0.2) is 0 Å². The van der Waals surface area contributed by atoms with E-state index >= 15 is 0 Å². The van der Waals surface area contributed by atoms with Gasteiger partial charge in [0.1, 0.15) is 11.8 Å². The fourth-order valence-electron chi connectivity index (χ4n) is 2.02. The van der Waals surface area contributed by atoms with Gasteiger partial charge in [-0.2, -0.15) is 5.26 Å². The number of hydrogen-bond donors (Lipinski definition) is 2. The van der Waals surface area contributed by atoms with Gasteiger partial charge in [0, 0.05) is 12.5 Å². The van der Waals surface area contributed by atoms with Crippen molar-refractivity contribution in [2.45, 2.75) is 6.92 Å². The number of anilines is 2. The maximum atomic E-state index is 12.3. The summed E-state index contributed by atoms with van der Waals surface area (Å²) in [6, 6.07) is 13.4. The van der Waals surface area contributed by atoms with Crippen LogP contribution in [-0.4, -0.2) is 18.9 Å². The molecule has 2 amide bonds. The lowest BCUT2D eigenvalue weighted by molar-refractivity contribution is -0.114. The van der Waals surface area contributed by atoms with Crippen LogP contribution in [0.5, 0.6) is 5.75 Å². The molecular weight excluding hydrogens is 294 g/mol. The highest BCUT2D eigenvalue weighted by molar-refractivity contribution is 6.06. The predicted molar refractivity (Wildman–Crippen MR) is 86.4 cm³/mol. The van der Waals surface area contributed by atoms with Crippen molar-refractivity contribution in [2.75, 3.05) is 17.7 Å². The number of carbonyl (C=O) groups excluding carboxylic acids is 2. The van der Waals surface area contributed by atoms with Crippen LogP contribution in [0.1, 0.15) is 22.8 Å². The Morgan fingerprint density at radius 3 is 2.48 bits per heavy atom. The van der Waals surface area contributed by atoms with E-state index in [2.05, 4.69) is 10.6 Å². The van der Waals surface area contributed by atoms with Crippen LogP contribution in [0.25, 0.3) is 0 Å². The summed E-state index contributed by atoms with van der Waals surface area (Å²) in [5, 5.41) is 14.3. The summed E-state index contributed by atoms with van der Waals surface area (Å²) in [4.78, 5) is 23.6. The molecule has 0 aromatic heterocycles. The topological polar surface area (TPSA) is 91.2 Å². The maximum Gasteiger partial charge on any atom is 0.255 e. The number of nitrogens with zero attached hydrogens (tertiary/aromatic N) is 1. The molecule has 23 heavy (non-hydrogen) atoms. The molecule has 2 aromatic carbocycles. The number of amides is 2. The third-order valence-electron chi connectivity index (χ3n) is 3.07. The quantitative estimate of drug-likeness (QED) is 0.908. The van der Waals surface area contributed by atoms with Gasteiger partial charge in [-0.3, -0.25) is 9.59 Å². The van der Waals surface area contributed by atoms with E-state index < -0.39 is 0 Å². The first-order chi connectivity index (χ1) is 11.0. The van der Waals surface area contributed by atoms with Crippen LogP contribution < -0.4 is 15.4 Å². The number of nitrogens with one attached hydrogen (secondary N) is 2. The number of para-hydroxylation sites is 1. The molecule has 0 spiro atoms. The van der Waals surface area contributed by atoms with Crippen molar-refractivity contribution in [3.05, 3.63) is 53.6 Å². The summed E-state index contributed by atoms with van der Waals surface area (Å²) < 4.78 is 5.15. The van der Waals surface area contributed by atoms with E-state index in [-0.39, 0.29) is 11.8 Å². The van der Waals surface area contributed by atoms with Crippen LogP contribution in [-0.2, 0) is 4.79 Å². The summed E-state index contributed by atoms with van der Waals surface area (Å²) in [6.07, 6.45) is 0. The van der Waals surface area contributed by atoms with E-state index in [0.29, 0.717) is 28.3 Å². The smallest absolute Gasteiger partial charge is 0.255 e. The number of methoxy groups -OCH3 is 1. The third-order valence-corrected chi connectivity index (χ3v) is 3.07. The van der Waals surface area contributed by atoms with E-state index in [1.165, 1.54) is 20.1 Å². The molecule has 0 aliphatic rings. The predicted octanol–water partition coefficient (Wildman–Crippen LogP) is 2.78. The van der Waals surface area contributed by atoms with Crippen LogP contribution in [0.15, 0.2) is 42.5 Å². The van der Waals surface area contributed by atoms with Crippen molar-refractivity contribution in [3.8, 4) is 11.8 Å². The Labute approximate surface area is 133 Å². The van der Waals surface area contributed by atoms with Gasteiger partial charge in [0.05, 0.1) is 24.0 Å². The zero-order chi connectivity index (χ0) is 16.8. The SMILES string of the molecule is COc1ccc(C(=O)Nc2ccccc2C#N)cc1NC(C)=O. The minimum absolute atomic E-state index is 0.268. The Morgan fingerprint density at radius 1 is 1.09 bits per heavy atom. The van der Waals surface area contributed by atoms with Crippen molar-refractivity contribution < 1.29 is 14.3 Å². The Kier molecular flexibility index (Phi) is 4.95. The van der Waals surface area contributed by atoms with Gasteiger partial charge in [0.15, 0.2) is 0 Å². The van der Waals surface area contributed by atoms with Crippen LogP contribution in [0.4, 0.5) is 11.4 Å². The first kappa shape index (κ1) is 16.0. The molecule has 0 heterocycles. The molecule has 6 nitrogen and oxygen atoms in total. The number of carbonyl (C=O) groups is 2. The van der Waals surface area contributed by atoms with Crippen molar-refractivity contribution in [2.24, 2.45) is 0 Å². The second-order valence-electron chi connectivity index (χ2n) is 4.71. The second kappa shape index (κ2) is 7.09. The maximum absolute atomic E-state index is 12.3. The van der Waals surface area contributed by atoms with Crippen molar-refractivity contribution in [1.82, 2.24) is 0 Å². The molecule has 0 aliphatic carbocycles. The Hall–Kier alpha value is -3.33. The summed E-state index contributed by atoms with van der Waals surface area (Å²) in [5.41, 5.74) is 1.54. The molecule has 0 bridgehead atoms. The molecule has 2 rings (SSSR count). The van der Waals surface area contributed by atoms with Gasteiger partial charge in [0.2, 0.25) is 5.91 Å². The number of rotatable bonds is 4. The molecule has 2 N–H and O–H groups in total. The van der Waals surface area contributed by atoms with E-state index in [1.54, 1.807) is 36.4 Å². The largest absolute Gasteiger partial charge is 0.495 e. The highest BCUT2D eigenvalue weighted by Gasteiger charge is 2.12. The van der Waals surface area contributed by atoms with Crippen LogP contribution in [0.3, 0.4) is 0 Å². The molecule has 0 unspecified atom stereocenters. The number of benzene rings is 2. The Balaban J connectivity index is 2.29. The first-order valence-electron chi connectivity index (χ1n) is 6.81. The lowest BCUT2D eigenvalue weighted by Gasteiger charge is -2.11. The molecule has 0 radical (unpaired) electrons. The van der Waals surface area contributed by atoms with Crippen LogP contribution >= 0.6 is 0 Å². The fraction of sp³-hybridized carbons (Fsp3) is 0.118. The van der Waals surface area contributed by atoms with E-state index in [1.807, 2.05) is 6.07 Å². The average Bonchev–Trinajstić information content (AvgIpc) is 2.54. The lowest BCUT2D eigenvalue weighted by Crippen LogP contribution is -2.14. The van der Waals surface area contributed by atoms with E-state index in [4.69, 9.17) is 10.00 Å². The lowest BCUT2D eigenvalue weighted by atomic mass is 10.1. The number of nitriles is 1. The van der Waals surface area contributed by atoms with Crippen molar-refractivity contribution in [1.29, 1.82) is 5.26 Å². The molecule has 2 aromatic rings. The van der Waals surface area contributed by atoms with Crippen molar-refractivity contribution >= 4 is 23.2 Å². The highest BCUT2D eigenvalue weighted by atomic mass is 16.5. The number of hydrogen-bond acceptors (Lipinski definition) is 4. The fourth-order valence-corrected chi connectivity index (χ4v) is 2.02. The highest BCUT2D eigenvalue weighted by Crippen LogP contribution is 2.26.